The van der Waals surface area contributed by atoms with E-state index in [1.165, 1.54) is 11.5 Å². The summed E-state index contributed by atoms with van der Waals surface area (Å²) in [5.74, 6) is -0.142. The Balaban J connectivity index is 2.70. The summed E-state index contributed by atoms with van der Waals surface area (Å²) in [6, 6.07) is 3.51. The number of thioether (sulfide) groups is 1. The van der Waals surface area contributed by atoms with Gasteiger partial charge in [-0.05, 0) is 31.7 Å². The van der Waals surface area contributed by atoms with E-state index in [4.69, 9.17) is 9.47 Å². The summed E-state index contributed by atoms with van der Waals surface area (Å²) >= 11 is 4.95. The zero-order chi connectivity index (χ0) is 17.9. The first-order valence-electron chi connectivity index (χ1n) is 7.20. The van der Waals surface area contributed by atoms with Crippen LogP contribution in [-0.2, 0) is 10.1 Å². The quantitative estimate of drug-likeness (QED) is 0.534. The van der Waals surface area contributed by atoms with Gasteiger partial charge in [0, 0.05) is 17.3 Å². The molecule has 0 saturated carbocycles. The van der Waals surface area contributed by atoms with E-state index in [1.54, 1.807) is 24.0 Å². The summed E-state index contributed by atoms with van der Waals surface area (Å²) in [6.07, 6.45) is 3.62. The predicted molar refractivity (Wildman–Crippen MR) is 98.5 cm³/mol. The topological polar surface area (TPSA) is 69.9 Å². The number of fused-ring (bicyclic) bond motifs is 1. The summed E-state index contributed by atoms with van der Waals surface area (Å²) in [4.78, 5) is 29.2. The summed E-state index contributed by atoms with van der Waals surface area (Å²) < 4.78 is 12.0. The number of hydrogen-bond acceptors (Lipinski definition) is 6. The van der Waals surface area contributed by atoms with Crippen LogP contribution in [0, 0.1) is 0 Å². The molecule has 2 heterocycles. The average molecular weight is 415 g/mol. The van der Waals surface area contributed by atoms with Gasteiger partial charge >= 0.3 is 11.5 Å². The van der Waals surface area contributed by atoms with Gasteiger partial charge in [0.05, 0.1) is 7.11 Å². The van der Waals surface area contributed by atoms with Gasteiger partial charge in [-0.1, -0.05) is 22.0 Å². The molecule has 0 atom stereocenters. The Bertz CT molecular complexity index is 820. The molecule has 0 aliphatic rings. The molecule has 0 unspecified atom stereocenters. The van der Waals surface area contributed by atoms with Gasteiger partial charge in [0.2, 0.25) is 5.75 Å². The first-order valence-corrected chi connectivity index (χ1v) is 9.72. The number of halogens is 1. The molecule has 8 heteroatoms. The zero-order valence-electron chi connectivity index (χ0n) is 14.0. The van der Waals surface area contributed by atoms with Crippen LogP contribution in [0.15, 0.2) is 23.1 Å². The van der Waals surface area contributed by atoms with E-state index in [0.717, 1.165) is 5.56 Å². The van der Waals surface area contributed by atoms with E-state index in [9.17, 15) is 9.59 Å². The second-order valence-electron chi connectivity index (χ2n) is 5.78. The SMILES string of the molecule is COC(=O)c1nc2ccc(CBr)cn2c(=O)c1OC(C)(C)CSC. The van der Waals surface area contributed by atoms with E-state index >= 15 is 0 Å². The Morgan fingerprint density at radius 2 is 2.12 bits per heavy atom. The summed E-state index contributed by atoms with van der Waals surface area (Å²) in [5.41, 5.74) is 0.0944. The number of hydrogen-bond donors (Lipinski definition) is 0. The van der Waals surface area contributed by atoms with Crippen molar-refractivity contribution in [2.24, 2.45) is 0 Å². The predicted octanol–water partition coefficient (Wildman–Crippen LogP) is 2.90. The average Bonchev–Trinajstić information content (AvgIpc) is 2.56. The van der Waals surface area contributed by atoms with Crippen molar-refractivity contribution in [3.63, 3.8) is 0 Å². The molecule has 0 saturated heterocycles. The van der Waals surface area contributed by atoms with Gasteiger partial charge in [-0.15, -0.1) is 0 Å². The number of rotatable bonds is 6. The molecule has 0 N–H and O–H groups in total. The van der Waals surface area contributed by atoms with Crippen molar-refractivity contribution in [3.8, 4) is 5.75 Å². The number of alkyl halides is 1. The normalized spacial score (nSPS) is 11.5. The number of nitrogens with zero attached hydrogens (tertiary/aromatic N) is 2. The molecule has 0 fully saturated rings. The molecule has 0 spiro atoms. The van der Waals surface area contributed by atoms with Gasteiger partial charge in [0.25, 0.3) is 0 Å². The highest BCUT2D eigenvalue weighted by Crippen LogP contribution is 2.22. The number of carbonyl (C=O) groups excluding carboxylic acids is 1. The minimum absolute atomic E-state index is 0.0925. The molecule has 6 nitrogen and oxygen atoms in total. The fraction of sp³-hybridized carbons (Fsp3) is 0.438. The Kier molecular flexibility index (Phi) is 5.92. The molecule has 24 heavy (non-hydrogen) atoms. The molecule has 2 aromatic heterocycles. The largest absolute Gasteiger partial charge is 0.479 e. The van der Waals surface area contributed by atoms with Gasteiger partial charge in [-0.25, -0.2) is 9.78 Å². The molecule has 0 bridgehead atoms. The van der Waals surface area contributed by atoms with Gasteiger partial charge in [0.15, 0.2) is 5.69 Å². The molecule has 0 aliphatic carbocycles. The molecule has 2 rings (SSSR count). The number of esters is 1. The van der Waals surface area contributed by atoms with Crippen molar-refractivity contribution in [2.45, 2.75) is 24.8 Å². The second-order valence-corrected chi connectivity index (χ2v) is 7.21. The minimum Gasteiger partial charge on any atom is -0.479 e. The molecule has 0 radical (unpaired) electrons. The molecular weight excluding hydrogens is 396 g/mol. The molecule has 0 aliphatic heterocycles. The van der Waals surface area contributed by atoms with Crippen molar-refractivity contribution in [1.29, 1.82) is 0 Å². The number of carbonyl (C=O) groups is 1. The van der Waals surface area contributed by atoms with Crippen LogP contribution < -0.4 is 10.3 Å². The second kappa shape index (κ2) is 7.57. The monoisotopic (exact) mass is 414 g/mol. The Hall–Kier alpha value is -1.54. The van der Waals surface area contributed by atoms with E-state index < -0.39 is 17.1 Å². The Labute approximate surface area is 152 Å². The van der Waals surface area contributed by atoms with E-state index in [-0.39, 0.29) is 11.4 Å². The van der Waals surface area contributed by atoms with Crippen molar-refractivity contribution >= 4 is 39.3 Å². The smallest absolute Gasteiger partial charge is 0.360 e. The van der Waals surface area contributed by atoms with Crippen molar-refractivity contribution in [3.05, 3.63) is 39.9 Å². The van der Waals surface area contributed by atoms with Crippen LogP contribution in [-0.4, -0.2) is 40.1 Å². The highest BCUT2D eigenvalue weighted by atomic mass is 79.9. The van der Waals surface area contributed by atoms with Crippen LogP contribution in [0.5, 0.6) is 5.75 Å². The number of pyridine rings is 1. The molecule has 0 aromatic carbocycles. The van der Waals surface area contributed by atoms with Crippen LogP contribution >= 0.6 is 27.7 Å². The standard InChI is InChI=1S/C16H19BrN2O4S/c1-16(2,9-24-4)23-13-12(15(21)22-3)18-11-6-5-10(7-17)8-19(11)14(13)20/h5-6,8H,7,9H2,1-4H3. The lowest BCUT2D eigenvalue weighted by Crippen LogP contribution is -2.35. The van der Waals surface area contributed by atoms with Gasteiger partial charge in [-0.3, -0.25) is 9.20 Å². The third-order valence-electron chi connectivity index (χ3n) is 3.25. The lowest BCUT2D eigenvalue weighted by Gasteiger charge is -2.25. The van der Waals surface area contributed by atoms with Gasteiger partial charge in [-0.2, -0.15) is 11.8 Å². The fourth-order valence-corrected chi connectivity index (χ4v) is 3.31. The first kappa shape index (κ1) is 18.8. The molecule has 2 aromatic rings. The molecular formula is C16H19BrN2O4S. The van der Waals surface area contributed by atoms with Crippen LogP contribution in [0.2, 0.25) is 0 Å². The highest BCUT2D eigenvalue weighted by Gasteiger charge is 2.28. The third kappa shape index (κ3) is 3.92. The van der Waals surface area contributed by atoms with E-state index in [1.807, 2.05) is 26.2 Å². The van der Waals surface area contributed by atoms with Crippen LogP contribution in [0.1, 0.15) is 29.9 Å². The fourth-order valence-electron chi connectivity index (χ4n) is 2.23. The maximum atomic E-state index is 12.9. The number of methoxy groups -OCH3 is 1. The minimum atomic E-state index is -0.700. The van der Waals surface area contributed by atoms with E-state index in [2.05, 4.69) is 20.9 Å². The van der Waals surface area contributed by atoms with E-state index in [0.29, 0.717) is 16.7 Å². The van der Waals surface area contributed by atoms with Crippen molar-refractivity contribution < 1.29 is 14.3 Å². The van der Waals surface area contributed by atoms with Crippen LogP contribution in [0.4, 0.5) is 0 Å². The Morgan fingerprint density at radius 3 is 2.71 bits per heavy atom. The Morgan fingerprint density at radius 1 is 1.42 bits per heavy atom. The summed E-state index contributed by atoms with van der Waals surface area (Å²) in [7, 11) is 1.25. The maximum absolute atomic E-state index is 12.9. The number of aromatic nitrogens is 2. The highest BCUT2D eigenvalue weighted by molar-refractivity contribution is 9.08. The summed E-state index contributed by atoms with van der Waals surface area (Å²) in [5, 5.41) is 0.599. The molecule has 0 amide bonds. The third-order valence-corrected chi connectivity index (χ3v) is 4.88. The van der Waals surface area contributed by atoms with Gasteiger partial charge in [0.1, 0.15) is 11.2 Å². The maximum Gasteiger partial charge on any atom is 0.360 e. The number of ether oxygens (including phenoxy) is 2. The van der Waals surface area contributed by atoms with Crippen molar-refractivity contribution in [2.75, 3.05) is 19.1 Å². The zero-order valence-corrected chi connectivity index (χ0v) is 16.4. The lowest BCUT2D eigenvalue weighted by molar-refractivity contribution is 0.0577. The van der Waals surface area contributed by atoms with Crippen molar-refractivity contribution in [1.82, 2.24) is 9.38 Å². The lowest BCUT2D eigenvalue weighted by atomic mass is 10.2. The first-order chi connectivity index (χ1) is 11.3. The van der Waals surface area contributed by atoms with Crippen LogP contribution in [0.25, 0.3) is 5.65 Å². The summed E-state index contributed by atoms with van der Waals surface area (Å²) in [6.45, 7) is 3.71. The molecule has 130 valence electrons. The van der Waals surface area contributed by atoms with Gasteiger partial charge < -0.3 is 9.47 Å². The van der Waals surface area contributed by atoms with Crippen LogP contribution in [0.3, 0.4) is 0 Å².